The van der Waals surface area contributed by atoms with Crippen LogP contribution in [0.15, 0.2) is 93.4 Å². The predicted octanol–water partition coefficient (Wildman–Crippen LogP) is 6.75. The molecule has 0 spiro atoms. The molecule has 1 amide bonds. The molecule has 3 aromatic carbocycles. The van der Waals surface area contributed by atoms with E-state index in [9.17, 15) is 14.0 Å². The van der Waals surface area contributed by atoms with Gasteiger partial charge in [-0.2, -0.15) is 10.2 Å². The number of ether oxygens (including phenoxy) is 1. The largest absolute Gasteiger partial charge is 0.438 e. The molecule has 15 nitrogen and oxygen atoms in total. The molecule has 0 unspecified atom stereocenters. The van der Waals surface area contributed by atoms with Crippen molar-refractivity contribution in [2.45, 2.75) is 82.9 Å². The second kappa shape index (κ2) is 13.6. The van der Waals surface area contributed by atoms with Gasteiger partial charge in [0, 0.05) is 60.9 Å². The van der Waals surface area contributed by atoms with Crippen molar-refractivity contribution in [1.29, 1.82) is 0 Å². The SMILES string of the molecule is Cc1cc(-n2nc3c(c2-n2ccn(-c4ccc5c(cnn5C)c4)c2=O)[C@H](C)N(C(=O)c2cc4cc([C@H]5CCOC(C)(C)C5)ccc4n2C2(c4noc(=O)[nH]4)CC2)CC3)ccc1F. The normalized spacial score (nSPS) is 19.4. The minimum atomic E-state index is -0.781. The predicted molar refractivity (Wildman–Crippen MR) is 228 cm³/mol. The molecule has 62 heavy (non-hydrogen) atoms. The molecule has 1 N–H and O–H groups in total. The van der Waals surface area contributed by atoms with Crippen molar-refractivity contribution < 1.29 is 18.4 Å². The number of hydrogen-bond acceptors (Lipinski definition) is 8. The molecule has 1 saturated carbocycles. The number of rotatable bonds is 7. The first-order chi connectivity index (χ1) is 29.8. The molecular formula is C46H45FN10O5. The lowest BCUT2D eigenvalue weighted by Crippen LogP contribution is -2.41. The number of hydrogen-bond donors (Lipinski definition) is 1. The van der Waals surface area contributed by atoms with Gasteiger partial charge in [-0.3, -0.25) is 28.1 Å². The Bertz CT molecular complexity index is 3240. The Morgan fingerprint density at radius 2 is 1.74 bits per heavy atom. The summed E-state index contributed by atoms with van der Waals surface area (Å²) in [6.07, 6.45) is 8.67. The maximum atomic E-state index is 15.4. The van der Waals surface area contributed by atoms with Crippen molar-refractivity contribution in [2.75, 3.05) is 13.2 Å². The summed E-state index contributed by atoms with van der Waals surface area (Å²) in [5.74, 6) is -0.0808. The zero-order chi connectivity index (χ0) is 42.8. The molecule has 8 aromatic rings. The lowest BCUT2D eigenvalue weighted by atomic mass is 9.83. The Morgan fingerprint density at radius 3 is 2.50 bits per heavy atom. The average Bonchev–Trinajstić information content (AvgIpc) is 3.70. The minimum absolute atomic E-state index is 0.212. The number of carbonyl (C=O) groups is 1. The molecule has 3 aliphatic rings. The fourth-order valence-corrected chi connectivity index (χ4v) is 10.0. The van der Waals surface area contributed by atoms with Gasteiger partial charge in [-0.15, -0.1) is 0 Å². The van der Waals surface area contributed by atoms with E-state index in [4.69, 9.17) is 14.4 Å². The third-order valence-electron chi connectivity index (χ3n) is 13.4. The average molecular weight is 837 g/mol. The van der Waals surface area contributed by atoms with Crippen LogP contribution in [0.3, 0.4) is 0 Å². The highest BCUT2D eigenvalue weighted by atomic mass is 19.1. The van der Waals surface area contributed by atoms with Crippen molar-refractivity contribution in [3.8, 4) is 17.2 Å². The number of amides is 1. The van der Waals surface area contributed by atoms with Crippen LogP contribution >= 0.6 is 0 Å². The van der Waals surface area contributed by atoms with E-state index in [0.717, 1.165) is 40.3 Å². The van der Waals surface area contributed by atoms with E-state index in [1.807, 2.05) is 47.7 Å². The van der Waals surface area contributed by atoms with Gasteiger partial charge in [0.1, 0.15) is 22.9 Å². The number of halogens is 1. The number of aromatic amines is 1. The standard InChI is InChI=1S/C46H45FN10O5/c1-26-20-33(7-9-34(26)47)57-40(55-18-17-54(44(55)60)32-8-11-36-31(22-32)25-48-52(36)5)39-27(2)53(16-12-35(39)50-57)41(58)38-23-30-21-28(29-13-19-61-45(3,4)24-29)6-10-37(30)56(38)46(14-15-46)42-49-43(59)62-51-42/h6-11,17-18,20-23,25,27,29H,12-16,19,24H2,1-5H3,(H,49,51,59)/t27-,29-/m0/s1. The quantitative estimate of drug-likeness (QED) is 0.185. The van der Waals surface area contributed by atoms with Crippen molar-refractivity contribution in [1.82, 2.24) is 48.3 Å². The van der Waals surface area contributed by atoms with Gasteiger partial charge in [0.2, 0.25) is 0 Å². The third-order valence-corrected chi connectivity index (χ3v) is 13.4. The number of nitrogens with one attached hydrogen (secondary N) is 1. The number of fused-ring (bicyclic) bond motifs is 3. The summed E-state index contributed by atoms with van der Waals surface area (Å²) in [7, 11) is 1.87. The fraction of sp³-hybridized carbons (Fsp3) is 0.348. The molecule has 2 atom stereocenters. The number of nitrogens with zero attached hydrogens (tertiary/aromatic N) is 9. The van der Waals surface area contributed by atoms with Crippen LogP contribution in [0.5, 0.6) is 0 Å². The zero-order valence-corrected chi connectivity index (χ0v) is 35.1. The molecule has 316 valence electrons. The van der Waals surface area contributed by atoms with Gasteiger partial charge in [0.15, 0.2) is 5.82 Å². The van der Waals surface area contributed by atoms with Crippen molar-refractivity contribution >= 4 is 27.7 Å². The summed E-state index contributed by atoms with van der Waals surface area (Å²) in [6, 6.07) is 18.3. The monoisotopic (exact) mass is 836 g/mol. The van der Waals surface area contributed by atoms with E-state index in [-0.39, 0.29) is 23.0 Å². The van der Waals surface area contributed by atoms with Gasteiger partial charge < -0.3 is 14.2 Å². The van der Waals surface area contributed by atoms with Crippen LogP contribution in [0.1, 0.15) is 97.1 Å². The highest BCUT2D eigenvalue weighted by molar-refractivity contribution is 6.00. The lowest BCUT2D eigenvalue weighted by molar-refractivity contribution is -0.0592. The van der Waals surface area contributed by atoms with Gasteiger partial charge in [0.05, 0.1) is 40.4 Å². The van der Waals surface area contributed by atoms with Crippen LogP contribution in [0, 0.1) is 12.7 Å². The first kappa shape index (κ1) is 38.1. The highest BCUT2D eigenvalue weighted by Crippen LogP contribution is 2.51. The highest BCUT2D eigenvalue weighted by Gasteiger charge is 2.52. The second-order valence-corrected chi connectivity index (χ2v) is 17.7. The number of benzene rings is 3. The topological polar surface area (TPSA) is 156 Å². The van der Waals surface area contributed by atoms with Crippen LogP contribution in [0.25, 0.3) is 39.0 Å². The third kappa shape index (κ3) is 5.86. The second-order valence-electron chi connectivity index (χ2n) is 17.7. The first-order valence-corrected chi connectivity index (χ1v) is 21.1. The maximum absolute atomic E-state index is 15.4. The van der Waals surface area contributed by atoms with Crippen LogP contribution in [-0.2, 0) is 23.7 Å². The zero-order valence-electron chi connectivity index (χ0n) is 35.1. The Kier molecular flexibility index (Phi) is 8.36. The van der Waals surface area contributed by atoms with Gasteiger partial charge in [0.25, 0.3) is 5.91 Å². The smallest absolute Gasteiger partial charge is 0.376 e. The van der Waals surface area contributed by atoms with E-state index in [0.29, 0.717) is 78.2 Å². The van der Waals surface area contributed by atoms with Crippen molar-refractivity contribution in [3.05, 3.63) is 140 Å². The molecule has 2 fully saturated rings. The summed E-state index contributed by atoms with van der Waals surface area (Å²) in [5.41, 5.74) is 5.19. The number of H-pyrrole nitrogens is 1. The van der Waals surface area contributed by atoms with Crippen LogP contribution in [0.2, 0.25) is 0 Å². The van der Waals surface area contributed by atoms with Gasteiger partial charge in [-0.1, -0.05) is 11.2 Å². The van der Waals surface area contributed by atoms with Gasteiger partial charge in [-0.05, 0) is 125 Å². The van der Waals surface area contributed by atoms with Crippen LogP contribution in [-0.4, -0.2) is 73.0 Å². The molecule has 2 aliphatic heterocycles. The molecule has 0 bridgehead atoms. The van der Waals surface area contributed by atoms with Crippen LogP contribution < -0.4 is 11.4 Å². The Labute approximate surface area is 353 Å². The molecule has 1 saturated heterocycles. The first-order valence-electron chi connectivity index (χ1n) is 21.1. The van der Waals surface area contributed by atoms with E-state index in [1.165, 1.54) is 11.6 Å². The van der Waals surface area contributed by atoms with Crippen molar-refractivity contribution in [3.63, 3.8) is 0 Å². The van der Waals surface area contributed by atoms with E-state index in [1.54, 1.807) is 56.1 Å². The number of aromatic nitrogens is 9. The Balaban J connectivity index is 1.04. The summed E-state index contributed by atoms with van der Waals surface area (Å²) >= 11 is 0. The summed E-state index contributed by atoms with van der Waals surface area (Å²) in [4.78, 5) is 46.9. The van der Waals surface area contributed by atoms with Crippen LogP contribution in [0.4, 0.5) is 4.39 Å². The van der Waals surface area contributed by atoms with E-state index in [2.05, 4.69) is 47.3 Å². The summed E-state index contributed by atoms with van der Waals surface area (Å²) in [6.45, 7) is 8.92. The molecule has 11 rings (SSSR count). The molecular weight excluding hydrogens is 792 g/mol. The van der Waals surface area contributed by atoms with E-state index >= 15 is 4.79 Å². The maximum Gasteiger partial charge on any atom is 0.438 e. The lowest BCUT2D eigenvalue weighted by Gasteiger charge is -2.35. The van der Waals surface area contributed by atoms with E-state index < -0.39 is 17.3 Å². The number of aryl methyl sites for hydroxylation is 2. The molecule has 7 heterocycles. The summed E-state index contributed by atoms with van der Waals surface area (Å²) < 4.78 is 34.4. The molecule has 5 aromatic heterocycles. The molecule has 1 aliphatic carbocycles. The fourth-order valence-electron chi connectivity index (χ4n) is 10.0. The Morgan fingerprint density at radius 1 is 0.952 bits per heavy atom. The number of imidazole rings is 1. The summed E-state index contributed by atoms with van der Waals surface area (Å²) in [5, 5.41) is 15.4. The minimum Gasteiger partial charge on any atom is -0.376 e. The molecule has 16 heteroatoms. The molecule has 0 radical (unpaired) electrons. The number of carbonyl (C=O) groups excluding carboxylic acids is 1. The van der Waals surface area contributed by atoms with Gasteiger partial charge in [-0.25, -0.2) is 18.7 Å². The van der Waals surface area contributed by atoms with Gasteiger partial charge >= 0.3 is 11.4 Å². The Hall–Kier alpha value is -6.81. The van der Waals surface area contributed by atoms with Crippen molar-refractivity contribution in [2.24, 2.45) is 7.05 Å².